The number of carbonyl (C=O) groups excluding carboxylic acids is 1. The number of ketones is 1. The number of allylic oxidation sites excluding steroid dienone is 2. The average molecular weight is 361 g/mol. The summed E-state index contributed by atoms with van der Waals surface area (Å²) >= 11 is 7.74. The summed E-state index contributed by atoms with van der Waals surface area (Å²) < 4.78 is 1.83. The predicted octanol–water partition coefficient (Wildman–Crippen LogP) is 4.07. The van der Waals surface area contributed by atoms with Crippen LogP contribution in [0.4, 0.5) is 5.95 Å². The number of anilines is 1. The molecule has 0 unspecified atom stereocenters. The van der Waals surface area contributed by atoms with Gasteiger partial charge in [-0.25, -0.2) is 4.68 Å². The molecule has 24 heavy (non-hydrogen) atoms. The van der Waals surface area contributed by atoms with Crippen LogP contribution < -0.4 is 5.32 Å². The van der Waals surface area contributed by atoms with Crippen molar-refractivity contribution in [2.45, 2.75) is 36.7 Å². The van der Waals surface area contributed by atoms with Crippen LogP contribution >= 0.6 is 23.4 Å². The minimum absolute atomic E-state index is 0.0116. The van der Waals surface area contributed by atoms with Gasteiger partial charge in [0.2, 0.25) is 11.1 Å². The molecule has 0 bridgehead atoms. The number of hydrogen-bond donors (Lipinski definition) is 1. The fourth-order valence-electron chi connectivity index (χ4n) is 3.25. The second-order valence-electron chi connectivity index (χ2n) is 6.05. The number of hydrogen-bond acceptors (Lipinski definition) is 5. The fraction of sp³-hybridized carbons (Fsp3) is 0.353. The molecule has 2 atom stereocenters. The summed E-state index contributed by atoms with van der Waals surface area (Å²) in [5, 5.41) is 9.31. The Morgan fingerprint density at radius 3 is 3.08 bits per heavy atom. The van der Waals surface area contributed by atoms with Gasteiger partial charge in [-0.05, 0) is 25.0 Å². The Bertz CT molecular complexity index is 832. The number of Topliss-reactive ketones (excluding diaryl/α,β-unsaturated/α-hetero) is 1. The van der Waals surface area contributed by atoms with Crippen molar-refractivity contribution in [2.24, 2.45) is 5.92 Å². The lowest BCUT2D eigenvalue weighted by atomic mass is 9.84. The highest BCUT2D eigenvalue weighted by Gasteiger charge is 2.38. The van der Waals surface area contributed by atoms with Gasteiger partial charge in [-0.3, -0.25) is 4.79 Å². The molecule has 0 radical (unpaired) electrons. The molecule has 1 aliphatic carbocycles. The second kappa shape index (κ2) is 6.26. The molecule has 1 aromatic carbocycles. The summed E-state index contributed by atoms with van der Waals surface area (Å²) in [7, 11) is 0. The van der Waals surface area contributed by atoms with E-state index in [2.05, 4.69) is 21.5 Å². The smallest absolute Gasteiger partial charge is 0.226 e. The first-order chi connectivity index (χ1) is 11.6. The van der Waals surface area contributed by atoms with E-state index in [-0.39, 0.29) is 17.7 Å². The zero-order valence-corrected chi connectivity index (χ0v) is 14.8. The van der Waals surface area contributed by atoms with E-state index in [0.717, 1.165) is 22.7 Å². The maximum absolute atomic E-state index is 12.2. The maximum Gasteiger partial charge on any atom is 0.226 e. The highest BCUT2D eigenvalue weighted by molar-refractivity contribution is 7.98. The first-order valence-corrected chi connectivity index (χ1v) is 9.32. The lowest BCUT2D eigenvalue weighted by Crippen LogP contribution is -2.36. The number of rotatable bonds is 3. The number of halogens is 1. The zero-order valence-electron chi connectivity index (χ0n) is 13.2. The standard InChI is InChI=1S/C17H17ClN4OS/c1-10-15-13(7-4-8-14(15)23)19-16-20-17(21-22(10)16)24-9-11-5-2-3-6-12(11)18/h2-3,5-7,10,15H,4,8-9H2,1H3,(H,19,20,21)/t10-,15-/m1/s1. The molecule has 124 valence electrons. The molecule has 0 spiro atoms. The van der Waals surface area contributed by atoms with Gasteiger partial charge in [0, 0.05) is 22.9 Å². The first-order valence-electron chi connectivity index (χ1n) is 7.96. The van der Waals surface area contributed by atoms with Gasteiger partial charge in [0.15, 0.2) is 0 Å². The van der Waals surface area contributed by atoms with Crippen molar-refractivity contribution < 1.29 is 4.79 Å². The van der Waals surface area contributed by atoms with Crippen LogP contribution in [0, 0.1) is 5.92 Å². The SMILES string of the molecule is C[C@@H]1[C@H]2C(=O)CCC=C2Nc2nc(SCc3ccccc3Cl)nn21. The van der Waals surface area contributed by atoms with Gasteiger partial charge >= 0.3 is 0 Å². The third-order valence-corrected chi connectivity index (χ3v) is 5.74. The average Bonchev–Trinajstić information content (AvgIpc) is 2.97. The van der Waals surface area contributed by atoms with Crippen LogP contribution in [0.5, 0.6) is 0 Å². The molecule has 2 aliphatic rings. The second-order valence-corrected chi connectivity index (χ2v) is 7.40. The summed E-state index contributed by atoms with van der Waals surface area (Å²) in [5.41, 5.74) is 2.03. The molecule has 0 fully saturated rings. The predicted molar refractivity (Wildman–Crippen MR) is 95.2 cm³/mol. The van der Waals surface area contributed by atoms with E-state index in [1.54, 1.807) is 11.8 Å². The summed E-state index contributed by atoms with van der Waals surface area (Å²) in [4.78, 5) is 16.8. The van der Waals surface area contributed by atoms with E-state index in [1.807, 2.05) is 35.9 Å². The summed E-state index contributed by atoms with van der Waals surface area (Å²) in [6.45, 7) is 2.03. The van der Waals surface area contributed by atoms with Gasteiger partial charge in [-0.1, -0.05) is 47.6 Å². The minimum atomic E-state index is -0.130. The molecule has 1 N–H and O–H groups in total. The number of carbonyl (C=O) groups is 1. The molecule has 5 nitrogen and oxygen atoms in total. The Hall–Kier alpha value is -1.79. The molecule has 1 aromatic heterocycles. The monoisotopic (exact) mass is 360 g/mol. The van der Waals surface area contributed by atoms with Crippen LogP contribution in [0.3, 0.4) is 0 Å². The number of nitrogens with zero attached hydrogens (tertiary/aromatic N) is 3. The van der Waals surface area contributed by atoms with Gasteiger partial charge in [-0.15, -0.1) is 5.10 Å². The van der Waals surface area contributed by atoms with Gasteiger partial charge in [0.25, 0.3) is 0 Å². The summed E-state index contributed by atoms with van der Waals surface area (Å²) in [5.74, 6) is 1.57. The van der Waals surface area contributed by atoms with Crippen LogP contribution in [-0.4, -0.2) is 20.5 Å². The largest absolute Gasteiger partial charge is 0.328 e. The Morgan fingerprint density at radius 1 is 1.42 bits per heavy atom. The minimum Gasteiger partial charge on any atom is -0.328 e. The van der Waals surface area contributed by atoms with E-state index in [1.165, 1.54) is 0 Å². The van der Waals surface area contributed by atoms with Crippen molar-refractivity contribution in [1.82, 2.24) is 14.8 Å². The first kappa shape index (κ1) is 15.7. The van der Waals surface area contributed by atoms with Gasteiger partial charge < -0.3 is 5.32 Å². The Morgan fingerprint density at radius 2 is 2.25 bits per heavy atom. The van der Waals surface area contributed by atoms with Crippen molar-refractivity contribution in [3.8, 4) is 0 Å². The van der Waals surface area contributed by atoms with Crippen molar-refractivity contribution in [3.05, 3.63) is 46.6 Å². The lowest BCUT2D eigenvalue weighted by molar-refractivity contribution is -0.123. The van der Waals surface area contributed by atoms with E-state index in [0.29, 0.717) is 23.3 Å². The number of thioether (sulfide) groups is 1. The molecule has 2 aromatic rings. The van der Waals surface area contributed by atoms with Crippen LogP contribution in [0.15, 0.2) is 41.2 Å². The van der Waals surface area contributed by atoms with E-state index in [9.17, 15) is 4.79 Å². The highest BCUT2D eigenvalue weighted by atomic mass is 35.5. The quantitative estimate of drug-likeness (QED) is 0.836. The summed E-state index contributed by atoms with van der Waals surface area (Å²) in [6.07, 6.45) is 3.52. The number of fused-ring (bicyclic) bond motifs is 2. The van der Waals surface area contributed by atoms with Crippen LogP contribution in [-0.2, 0) is 10.5 Å². The Kier molecular flexibility index (Phi) is 4.10. The molecule has 0 amide bonds. The molecule has 0 saturated carbocycles. The summed E-state index contributed by atoms with van der Waals surface area (Å²) in [6, 6.07) is 7.77. The molecule has 4 rings (SSSR count). The molecule has 2 heterocycles. The molecular formula is C17H17ClN4OS. The third-order valence-electron chi connectivity index (χ3n) is 4.49. The molecule has 7 heteroatoms. The van der Waals surface area contributed by atoms with Gasteiger partial charge in [0.1, 0.15) is 5.78 Å². The molecule has 0 saturated heterocycles. The van der Waals surface area contributed by atoms with Crippen molar-refractivity contribution in [3.63, 3.8) is 0 Å². The topological polar surface area (TPSA) is 59.8 Å². The zero-order chi connectivity index (χ0) is 16.7. The molecule has 1 aliphatic heterocycles. The van der Waals surface area contributed by atoms with E-state index >= 15 is 0 Å². The van der Waals surface area contributed by atoms with E-state index in [4.69, 9.17) is 11.6 Å². The Balaban J connectivity index is 1.56. The van der Waals surface area contributed by atoms with Crippen LogP contribution in [0.2, 0.25) is 5.02 Å². The maximum atomic E-state index is 12.2. The van der Waals surface area contributed by atoms with Gasteiger partial charge in [-0.2, -0.15) is 4.98 Å². The highest BCUT2D eigenvalue weighted by Crippen LogP contribution is 2.38. The fourth-order valence-corrected chi connectivity index (χ4v) is 4.36. The van der Waals surface area contributed by atoms with E-state index < -0.39 is 0 Å². The normalized spacial score (nSPS) is 22.4. The van der Waals surface area contributed by atoms with Crippen molar-refractivity contribution >= 4 is 35.1 Å². The number of benzene rings is 1. The molecular weight excluding hydrogens is 344 g/mol. The Labute approximate surface area is 149 Å². The van der Waals surface area contributed by atoms with Crippen LogP contribution in [0.1, 0.15) is 31.4 Å². The van der Waals surface area contributed by atoms with Gasteiger partial charge in [0.05, 0.1) is 12.0 Å². The number of nitrogens with one attached hydrogen (secondary N) is 1. The van der Waals surface area contributed by atoms with Crippen molar-refractivity contribution in [1.29, 1.82) is 0 Å². The lowest BCUT2D eigenvalue weighted by Gasteiger charge is -2.33. The van der Waals surface area contributed by atoms with Crippen LogP contribution in [0.25, 0.3) is 0 Å². The van der Waals surface area contributed by atoms with Crippen molar-refractivity contribution in [2.75, 3.05) is 5.32 Å². The third kappa shape index (κ3) is 2.74. The number of aromatic nitrogens is 3.